The van der Waals surface area contributed by atoms with E-state index in [1.54, 1.807) is 12.1 Å². The number of rotatable bonds is 5. The molecule has 2 aromatic carbocycles. The summed E-state index contributed by atoms with van der Waals surface area (Å²) in [5.41, 5.74) is 3.31. The van der Waals surface area contributed by atoms with Crippen LogP contribution in [-0.2, 0) is 4.74 Å². The SMILES string of the molecule is COC(=O)c1c(NC(=S)N2CCN(c3ccc([N+](=O)[O-])cc3)CC2)sc(C)c1-c1ccccc1. The predicted molar refractivity (Wildman–Crippen MR) is 139 cm³/mol. The van der Waals surface area contributed by atoms with E-state index in [1.165, 1.54) is 30.6 Å². The molecule has 1 fully saturated rings. The highest BCUT2D eigenvalue weighted by Gasteiger charge is 2.26. The lowest BCUT2D eigenvalue weighted by Crippen LogP contribution is -2.50. The van der Waals surface area contributed by atoms with E-state index in [-0.39, 0.29) is 5.69 Å². The number of carbonyl (C=O) groups excluding carboxylic acids is 1. The standard InChI is InChI=1S/C24H24N4O4S2/c1-16-20(17-6-4-3-5-7-17)21(23(29)32-2)22(34-16)25-24(33)27-14-12-26(13-15-27)18-8-10-19(11-9-18)28(30)31/h3-11H,12-15H2,1-2H3,(H,25,33). The van der Waals surface area contributed by atoms with Crippen molar-refractivity contribution in [1.29, 1.82) is 0 Å². The average molecular weight is 497 g/mol. The predicted octanol–water partition coefficient (Wildman–Crippen LogP) is 4.94. The van der Waals surface area contributed by atoms with Gasteiger partial charge in [-0.15, -0.1) is 11.3 Å². The number of thiophene rings is 1. The van der Waals surface area contributed by atoms with Crippen molar-refractivity contribution >= 4 is 51.0 Å². The second kappa shape index (κ2) is 10.2. The number of hydrogen-bond acceptors (Lipinski definition) is 7. The van der Waals surface area contributed by atoms with Gasteiger partial charge in [0, 0.05) is 54.4 Å². The van der Waals surface area contributed by atoms with Crippen LogP contribution in [0.15, 0.2) is 54.6 Å². The van der Waals surface area contributed by atoms with Crippen LogP contribution in [0.3, 0.4) is 0 Å². The summed E-state index contributed by atoms with van der Waals surface area (Å²) < 4.78 is 5.09. The first kappa shape index (κ1) is 23.7. The highest BCUT2D eigenvalue weighted by atomic mass is 32.1. The van der Waals surface area contributed by atoms with Crippen LogP contribution in [0.2, 0.25) is 0 Å². The number of ether oxygens (including phenoxy) is 1. The van der Waals surface area contributed by atoms with Crippen LogP contribution >= 0.6 is 23.6 Å². The van der Waals surface area contributed by atoms with Crippen molar-refractivity contribution in [3.63, 3.8) is 0 Å². The Hall–Kier alpha value is -3.50. The number of benzene rings is 2. The van der Waals surface area contributed by atoms with Gasteiger partial charge >= 0.3 is 5.97 Å². The number of methoxy groups -OCH3 is 1. The Morgan fingerprint density at radius 1 is 1.09 bits per heavy atom. The maximum Gasteiger partial charge on any atom is 0.341 e. The highest BCUT2D eigenvalue weighted by molar-refractivity contribution is 7.80. The normalized spacial score (nSPS) is 13.5. The molecule has 0 aliphatic carbocycles. The number of nitrogens with zero attached hydrogens (tertiary/aromatic N) is 3. The zero-order valence-corrected chi connectivity index (χ0v) is 20.4. The molecular weight excluding hydrogens is 472 g/mol. The van der Waals surface area contributed by atoms with Crippen molar-refractivity contribution in [2.45, 2.75) is 6.92 Å². The van der Waals surface area contributed by atoms with Gasteiger partial charge in [0.25, 0.3) is 5.69 Å². The molecule has 2 heterocycles. The molecule has 0 bridgehead atoms. The number of nitrogens with one attached hydrogen (secondary N) is 1. The summed E-state index contributed by atoms with van der Waals surface area (Å²) in [6.45, 7) is 4.81. The van der Waals surface area contributed by atoms with Crippen molar-refractivity contribution in [3.05, 3.63) is 75.2 Å². The molecule has 3 aromatic rings. The van der Waals surface area contributed by atoms with E-state index >= 15 is 0 Å². The van der Waals surface area contributed by atoms with Crippen molar-refractivity contribution in [2.24, 2.45) is 0 Å². The Balaban J connectivity index is 1.47. The molecule has 0 amide bonds. The third-order valence-electron chi connectivity index (χ3n) is 5.75. The first-order chi connectivity index (χ1) is 16.4. The fourth-order valence-electron chi connectivity index (χ4n) is 4.01. The number of anilines is 2. The topological polar surface area (TPSA) is 88.0 Å². The molecule has 0 radical (unpaired) electrons. The van der Waals surface area contributed by atoms with Crippen LogP contribution in [0.1, 0.15) is 15.2 Å². The van der Waals surface area contributed by atoms with Crippen LogP contribution in [0.4, 0.5) is 16.4 Å². The lowest BCUT2D eigenvalue weighted by atomic mass is 10.0. The summed E-state index contributed by atoms with van der Waals surface area (Å²) in [6.07, 6.45) is 0. The zero-order valence-electron chi connectivity index (χ0n) is 18.8. The molecule has 0 atom stereocenters. The zero-order chi connectivity index (χ0) is 24.2. The summed E-state index contributed by atoms with van der Waals surface area (Å²) in [5.74, 6) is -0.406. The fourth-order valence-corrected chi connectivity index (χ4v) is 5.42. The first-order valence-electron chi connectivity index (χ1n) is 10.7. The second-order valence-electron chi connectivity index (χ2n) is 7.77. The number of non-ortho nitro benzene ring substituents is 1. The van der Waals surface area contributed by atoms with E-state index in [1.807, 2.05) is 37.3 Å². The van der Waals surface area contributed by atoms with Gasteiger partial charge in [-0.25, -0.2) is 4.79 Å². The molecule has 10 heteroatoms. The number of nitro groups is 1. The van der Waals surface area contributed by atoms with Gasteiger partial charge in [0.2, 0.25) is 0 Å². The van der Waals surface area contributed by atoms with Crippen LogP contribution < -0.4 is 10.2 Å². The lowest BCUT2D eigenvalue weighted by Gasteiger charge is -2.37. The van der Waals surface area contributed by atoms with Crippen LogP contribution in [0.25, 0.3) is 11.1 Å². The van der Waals surface area contributed by atoms with E-state index in [2.05, 4.69) is 15.1 Å². The van der Waals surface area contributed by atoms with Gasteiger partial charge in [-0.3, -0.25) is 10.1 Å². The molecule has 1 aliphatic rings. The van der Waals surface area contributed by atoms with Crippen molar-refractivity contribution in [3.8, 4) is 11.1 Å². The number of esters is 1. The van der Waals surface area contributed by atoms with Crippen molar-refractivity contribution < 1.29 is 14.5 Å². The minimum atomic E-state index is -0.406. The Labute approximate surface area is 206 Å². The van der Waals surface area contributed by atoms with Gasteiger partial charge in [-0.05, 0) is 36.8 Å². The molecule has 1 aliphatic heterocycles. The van der Waals surface area contributed by atoms with Crippen LogP contribution in [-0.4, -0.2) is 54.2 Å². The van der Waals surface area contributed by atoms with Gasteiger partial charge in [0.1, 0.15) is 10.6 Å². The van der Waals surface area contributed by atoms with E-state index in [9.17, 15) is 14.9 Å². The molecule has 8 nitrogen and oxygen atoms in total. The summed E-state index contributed by atoms with van der Waals surface area (Å²) >= 11 is 7.17. The lowest BCUT2D eigenvalue weighted by molar-refractivity contribution is -0.384. The largest absolute Gasteiger partial charge is 0.465 e. The molecule has 0 spiro atoms. The summed E-state index contributed by atoms with van der Waals surface area (Å²) in [4.78, 5) is 28.4. The molecule has 34 heavy (non-hydrogen) atoms. The molecule has 4 rings (SSSR count). The minimum Gasteiger partial charge on any atom is -0.465 e. The summed E-state index contributed by atoms with van der Waals surface area (Å²) in [6, 6.07) is 16.3. The molecule has 1 aromatic heterocycles. The average Bonchev–Trinajstić information content (AvgIpc) is 3.19. The van der Waals surface area contributed by atoms with Gasteiger partial charge in [0.05, 0.1) is 12.0 Å². The van der Waals surface area contributed by atoms with E-state index in [0.717, 1.165) is 34.8 Å². The molecule has 1 N–H and O–H groups in total. The number of carbonyl (C=O) groups is 1. The molecule has 176 valence electrons. The molecular formula is C24H24N4O4S2. The Bertz CT molecular complexity index is 1200. The Morgan fingerprint density at radius 2 is 1.74 bits per heavy atom. The summed E-state index contributed by atoms with van der Waals surface area (Å²) in [7, 11) is 1.38. The quantitative estimate of drug-likeness (QED) is 0.230. The molecule has 0 saturated carbocycles. The Kier molecular flexibility index (Phi) is 7.09. The smallest absolute Gasteiger partial charge is 0.341 e. The monoisotopic (exact) mass is 496 g/mol. The van der Waals surface area contributed by atoms with Gasteiger partial charge in [-0.2, -0.15) is 0 Å². The fraction of sp³-hybridized carbons (Fsp3) is 0.250. The van der Waals surface area contributed by atoms with Crippen LogP contribution in [0.5, 0.6) is 0 Å². The van der Waals surface area contributed by atoms with Crippen LogP contribution in [0, 0.1) is 17.0 Å². The van der Waals surface area contributed by atoms with E-state index in [4.69, 9.17) is 17.0 Å². The highest BCUT2D eigenvalue weighted by Crippen LogP contribution is 2.40. The maximum absolute atomic E-state index is 12.7. The number of thiocarbonyl (C=S) groups is 1. The van der Waals surface area contributed by atoms with Crippen molar-refractivity contribution in [2.75, 3.05) is 43.5 Å². The summed E-state index contributed by atoms with van der Waals surface area (Å²) in [5, 5.41) is 15.4. The Morgan fingerprint density at radius 3 is 2.32 bits per heavy atom. The van der Waals surface area contributed by atoms with E-state index < -0.39 is 10.9 Å². The van der Waals surface area contributed by atoms with Gasteiger partial charge in [-0.1, -0.05) is 30.3 Å². The van der Waals surface area contributed by atoms with Crippen molar-refractivity contribution in [1.82, 2.24) is 4.90 Å². The van der Waals surface area contributed by atoms with E-state index in [0.29, 0.717) is 28.8 Å². The number of aryl methyl sites for hydroxylation is 1. The first-order valence-corrected chi connectivity index (χ1v) is 11.9. The number of hydrogen-bond donors (Lipinski definition) is 1. The minimum absolute atomic E-state index is 0.0790. The third-order valence-corrected chi connectivity index (χ3v) is 7.13. The number of piperazine rings is 1. The second-order valence-corrected chi connectivity index (χ2v) is 9.38. The number of nitro benzene ring substituents is 1. The maximum atomic E-state index is 12.7. The molecule has 1 saturated heterocycles. The molecule has 0 unspecified atom stereocenters. The van der Waals surface area contributed by atoms with Gasteiger partial charge < -0.3 is 19.9 Å². The third kappa shape index (κ3) is 4.87. The van der Waals surface area contributed by atoms with Gasteiger partial charge in [0.15, 0.2) is 5.11 Å².